The van der Waals surface area contributed by atoms with Gasteiger partial charge in [0.15, 0.2) is 0 Å². The molecule has 1 saturated carbocycles. The molecule has 5 heteroatoms. The lowest BCUT2D eigenvalue weighted by molar-refractivity contribution is -0.126. The van der Waals surface area contributed by atoms with Crippen LogP contribution in [-0.4, -0.2) is 23.1 Å². The van der Waals surface area contributed by atoms with E-state index in [1.54, 1.807) is 13.8 Å². The van der Waals surface area contributed by atoms with E-state index in [0.717, 1.165) is 0 Å². The Kier molecular flexibility index (Phi) is 2.56. The number of alkyl halides is 1. The molecule has 0 heterocycles. The smallest absolute Gasteiger partial charge is 0.229 e. The zero-order chi connectivity index (χ0) is 10.2. The lowest BCUT2D eigenvalue weighted by atomic mass is 10.1. The minimum Gasteiger partial charge on any atom is -0.392 e. The van der Waals surface area contributed by atoms with E-state index in [2.05, 4.69) is 17.5 Å². The summed E-state index contributed by atoms with van der Waals surface area (Å²) in [6, 6.07) is -0.368. The first kappa shape index (κ1) is 10.4. The van der Waals surface area contributed by atoms with Gasteiger partial charge >= 0.3 is 0 Å². The Hall–Kier alpha value is -0.710. The van der Waals surface area contributed by atoms with E-state index >= 15 is 0 Å². The van der Waals surface area contributed by atoms with Gasteiger partial charge in [-0.1, -0.05) is 12.2 Å². The van der Waals surface area contributed by atoms with Gasteiger partial charge in [0.25, 0.3) is 0 Å². The molecule has 3 unspecified atom stereocenters. The van der Waals surface area contributed by atoms with E-state index < -0.39 is 11.6 Å². The number of rotatable bonds is 3. The zero-order valence-corrected chi connectivity index (χ0v) is 8.45. The molecule has 1 aliphatic carbocycles. The average Bonchev–Trinajstić information content (AvgIpc) is 2.61. The van der Waals surface area contributed by atoms with Gasteiger partial charge in [0, 0.05) is 0 Å². The highest BCUT2D eigenvalue weighted by Crippen LogP contribution is 2.48. The summed E-state index contributed by atoms with van der Waals surface area (Å²) in [5.41, 5.74) is 4.46. The summed E-state index contributed by atoms with van der Waals surface area (Å²) in [7, 11) is 0. The second-order valence-electron chi connectivity index (χ2n) is 3.69. The summed E-state index contributed by atoms with van der Waals surface area (Å²) in [6.07, 6.45) is -0.728. The molecule has 1 fully saturated rings. The molecule has 0 aliphatic heterocycles. The van der Waals surface area contributed by atoms with Crippen LogP contribution in [0.25, 0.3) is 0 Å². The molecule has 0 spiro atoms. The maximum absolute atomic E-state index is 12.7. The number of halogens is 1. The standard InChI is InChI=1S/C8H13FN2OS/c1-4(6(10)13)11-7(12)8(2)3-5(8)9/h4-5H,3H2,1-2H3,(H2,10,13)(H,11,12). The van der Waals surface area contributed by atoms with Crippen LogP contribution in [0.5, 0.6) is 0 Å². The quantitative estimate of drug-likeness (QED) is 0.659. The van der Waals surface area contributed by atoms with Crippen LogP contribution in [0.15, 0.2) is 0 Å². The van der Waals surface area contributed by atoms with Gasteiger partial charge in [-0.2, -0.15) is 0 Å². The highest BCUT2D eigenvalue weighted by Gasteiger charge is 2.57. The van der Waals surface area contributed by atoms with Gasteiger partial charge in [0.2, 0.25) is 5.91 Å². The molecule has 0 radical (unpaired) electrons. The minimum atomic E-state index is -1.02. The summed E-state index contributed by atoms with van der Waals surface area (Å²) in [4.78, 5) is 11.6. The third-order valence-corrected chi connectivity index (χ3v) is 2.78. The molecular formula is C8H13FN2OS. The molecule has 74 valence electrons. The molecule has 3 N–H and O–H groups in total. The number of nitrogens with two attached hydrogens (primary N) is 1. The van der Waals surface area contributed by atoms with Crippen molar-refractivity contribution in [2.24, 2.45) is 11.1 Å². The van der Waals surface area contributed by atoms with Crippen LogP contribution >= 0.6 is 12.2 Å². The Labute approximate surface area is 81.9 Å². The molecule has 0 aromatic heterocycles. The lowest BCUT2D eigenvalue weighted by Gasteiger charge is -2.15. The van der Waals surface area contributed by atoms with Gasteiger partial charge in [0.05, 0.1) is 16.4 Å². The van der Waals surface area contributed by atoms with E-state index in [9.17, 15) is 9.18 Å². The number of nitrogens with one attached hydrogen (secondary N) is 1. The minimum absolute atomic E-state index is 0.216. The van der Waals surface area contributed by atoms with Gasteiger partial charge in [-0.05, 0) is 20.3 Å². The topological polar surface area (TPSA) is 55.1 Å². The van der Waals surface area contributed by atoms with Crippen molar-refractivity contribution in [1.82, 2.24) is 5.32 Å². The fourth-order valence-electron chi connectivity index (χ4n) is 0.981. The SMILES string of the molecule is CC(NC(=O)C1(C)CC1F)C(N)=S. The van der Waals surface area contributed by atoms with Crippen molar-refractivity contribution in [3.05, 3.63) is 0 Å². The summed E-state index contributed by atoms with van der Waals surface area (Å²) >= 11 is 4.68. The molecule has 0 aromatic rings. The Balaban J connectivity index is 2.47. The summed E-state index contributed by atoms with van der Waals surface area (Å²) in [6.45, 7) is 3.28. The number of hydrogen-bond donors (Lipinski definition) is 2. The molecule has 13 heavy (non-hydrogen) atoms. The summed E-state index contributed by atoms with van der Waals surface area (Å²) in [5.74, 6) is -0.305. The monoisotopic (exact) mass is 204 g/mol. The Morgan fingerprint density at radius 2 is 2.31 bits per heavy atom. The maximum Gasteiger partial charge on any atom is 0.229 e. The summed E-state index contributed by atoms with van der Waals surface area (Å²) in [5, 5.41) is 2.57. The molecule has 1 amide bonds. The normalized spacial score (nSPS) is 33.6. The van der Waals surface area contributed by atoms with Gasteiger partial charge in [-0.25, -0.2) is 4.39 Å². The first-order valence-corrected chi connectivity index (χ1v) is 4.53. The molecule has 1 aliphatic rings. The van der Waals surface area contributed by atoms with E-state index in [0.29, 0.717) is 6.42 Å². The zero-order valence-electron chi connectivity index (χ0n) is 7.63. The Morgan fingerprint density at radius 1 is 1.85 bits per heavy atom. The van der Waals surface area contributed by atoms with Crippen molar-refractivity contribution in [1.29, 1.82) is 0 Å². The maximum atomic E-state index is 12.7. The van der Waals surface area contributed by atoms with Crippen LogP contribution in [0.3, 0.4) is 0 Å². The van der Waals surface area contributed by atoms with Crippen LogP contribution in [-0.2, 0) is 4.79 Å². The summed E-state index contributed by atoms with van der Waals surface area (Å²) < 4.78 is 12.7. The van der Waals surface area contributed by atoms with Crippen molar-refractivity contribution in [3.8, 4) is 0 Å². The van der Waals surface area contributed by atoms with Crippen LogP contribution in [0.4, 0.5) is 4.39 Å². The number of carbonyl (C=O) groups is 1. The van der Waals surface area contributed by atoms with E-state index in [-0.39, 0.29) is 16.9 Å². The van der Waals surface area contributed by atoms with Crippen molar-refractivity contribution in [2.45, 2.75) is 32.5 Å². The second kappa shape index (κ2) is 3.21. The molecule has 3 atom stereocenters. The van der Waals surface area contributed by atoms with Crippen molar-refractivity contribution < 1.29 is 9.18 Å². The van der Waals surface area contributed by atoms with Gasteiger partial charge in [-0.3, -0.25) is 4.79 Å². The Bertz CT molecular complexity index is 259. The number of thiocarbonyl (C=S) groups is 1. The largest absolute Gasteiger partial charge is 0.392 e. The molecule has 3 nitrogen and oxygen atoms in total. The number of hydrogen-bond acceptors (Lipinski definition) is 2. The molecule has 1 rings (SSSR count). The average molecular weight is 204 g/mol. The van der Waals surface area contributed by atoms with Gasteiger partial charge < -0.3 is 11.1 Å². The fourth-order valence-corrected chi connectivity index (χ4v) is 1.04. The molecule has 0 aromatic carbocycles. The van der Waals surface area contributed by atoms with Crippen LogP contribution in [0.1, 0.15) is 20.3 Å². The molecule has 0 saturated heterocycles. The predicted octanol–water partition coefficient (Wildman–Crippen LogP) is 0.525. The fraction of sp³-hybridized carbons (Fsp3) is 0.750. The van der Waals surface area contributed by atoms with E-state index in [1.807, 2.05) is 0 Å². The second-order valence-corrected chi connectivity index (χ2v) is 4.16. The first-order valence-electron chi connectivity index (χ1n) is 4.12. The van der Waals surface area contributed by atoms with E-state index in [1.165, 1.54) is 0 Å². The number of amides is 1. The van der Waals surface area contributed by atoms with Gasteiger partial charge in [0.1, 0.15) is 6.17 Å². The first-order chi connectivity index (χ1) is 5.88. The van der Waals surface area contributed by atoms with Crippen molar-refractivity contribution in [2.75, 3.05) is 0 Å². The van der Waals surface area contributed by atoms with Crippen LogP contribution < -0.4 is 11.1 Å². The third kappa shape index (κ3) is 1.96. The Morgan fingerprint density at radius 3 is 2.62 bits per heavy atom. The van der Waals surface area contributed by atoms with Crippen molar-refractivity contribution in [3.63, 3.8) is 0 Å². The predicted molar refractivity (Wildman–Crippen MR) is 52.0 cm³/mol. The van der Waals surface area contributed by atoms with Crippen LogP contribution in [0.2, 0.25) is 0 Å². The van der Waals surface area contributed by atoms with E-state index in [4.69, 9.17) is 5.73 Å². The van der Waals surface area contributed by atoms with Crippen molar-refractivity contribution >= 4 is 23.1 Å². The van der Waals surface area contributed by atoms with Gasteiger partial charge in [-0.15, -0.1) is 0 Å². The highest BCUT2D eigenvalue weighted by atomic mass is 32.1. The molecular weight excluding hydrogens is 191 g/mol. The third-order valence-electron chi connectivity index (χ3n) is 2.43. The number of carbonyl (C=O) groups excluding carboxylic acids is 1. The molecule has 0 bridgehead atoms. The lowest BCUT2D eigenvalue weighted by Crippen LogP contribution is -2.44. The van der Waals surface area contributed by atoms with Crippen LogP contribution in [0, 0.1) is 5.41 Å². The highest BCUT2D eigenvalue weighted by molar-refractivity contribution is 7.80.